The maximum Gasteiger partial charge on any atom is 0.252 e. The average Bonchev–Trinajstić information content (AvgIpc) is 3.35. The SMILES string of the molecule is Cn1c(CN(CCc2ccccc2)C(=O)C2CCCO2)cc2ccccc21. The van der Waals surface area contributed by atoms with Crippen molar-refractivity contribution < 1.29 is 9.53 Å². The molecule has 1 atom stereocenters. The molecule has 2 aromatic carbocycles. The number of benzene rings is 2. The van der Waals surface area contributed by atoms with Crippen LogP contribution < -0.4 is 0 Å². The summed E-state index contributed by atoms with van der Waals surface area (Å²) in [6, 6.07) is 20.9. The molecule has 1 aromatic heterocycles. The summed E-state index contributed by atoms with van der Waals surface area (Å²) in [5.41, 5.74) is 3.59. The molecule has 0 spiro atoms. The van der Waals surface area contributed by atoms with Crippen LogP contribution in [0.5, 0.6) is 0 Å². The van der Waals surface area contributed by atoms with Crippen LogP contribution in [0.15, 0.2) is 60.7 Å². The number of hydrogen-bond acceptors (Lipinski definition) is 2. The molecule has 0 aliphatic carbocycles. The molecule has 0 radical (unpaired) electrons. The van der Waals surface area contributed by atoms with Crippen molar-refractivity contribution >= 4 is 16.8 Å². The van der Waals surface area contributed by atoms with Crippen LogP contribution in [0.2, 0.25) is 0 Å². The summed E-state index contributed by atoms with van der Waals surface area (Å²) in [7, 11) is 2.07. The highest BCUT2D eigenvalue weighted by Gasteiger charge is 2.28. The van der Waals surface area contributed by atoms with Gasteiger partial charge in [-0.05, 0) is 42.3 Å². The van der Waals surface area contributed by atoms with E-state index in [-0.39, 0.29) is 12.0 Å². The van der Waals surface area contributed by atoms with Gasteiger partial charge in [-0.25, -0.2) is 0 Å². The number of amides is 1. The zero-order valence-corrected chi connectivity index (χ0v) is 15.8. The lowest BCUT2D eigenvalue weighted by Gasteiger charge is -2.26. The molecule has 3 aromatic rings. The van der Waals surface area contributed by atoms with E-state index in [9.17, 15) is 4.79 Å². The van der Waals surface area contributed by atoms with Crippen LogP contribution in [0, 0.1) is 0 Å². The minimum atomic E-state index is -0.282. The zero-order chi connectivity index (χ0) is 18.6. The van der Waals surface area contributed by atoms with Gasteiger partial charge in [-0.3, -0.25) is 4.79 Å². The van der Waals surface area contributed by atoms with Crippen molar-refractivity contribution in [3.63, 3.8) is 0 Å². The Morgan fingerprint density at radius 2 is 1.93 bits per heavy atom. The van der Waals surface area contributed by atoms with Gasteiger partial charge in [0, 0.05) is 31.4 Å². The van der Waals surface area contributed by atoms with Crippen LogP contribution in [0.25, 0.3) is 10.9 Å². The first-order valence-electron chi connectivity index (χ1n) is 9.70. The van der Waals surface area contributed by atoms with Crippen LogP contribution in [-0.4, -0.2) is 34.6 Å². The van der Waals surface area contributed by atoms with E-state index >= 15 is 0 Å². The first-order valence-corrected chi connectivity index (χ1v) is 9.70. The van der Waals surface area contributed by atoms with Crippen molar-refractivity contribution in [1.82, 2.24) is 9.47 Å². The van der Waals surface area contributed by atoms with Gasteiger partial charge in [0.15, 0.2) is 0 Å². The number of aryl methyl sites for hydroxylation is 1. The molecule has 4 rings (SSSR count). The van der Waals surface area contributed by atoms with E-state index < -0.39 is 0 Å². The van der Waals surface area contributed by atoms with Gasteiger partial charge in [-0.2, -0.15) is 0 Å². The van der Waals surface area contributed by atoms with Gasteiger partial charge in [0.2, 0.25) is 0 Å². The zero-order valence-electron chi connectivity index (χ0n) is 15.8. The molecule has 4 nitrogen and oxygen atoms in total. The monoisotopic (exact) mass is 362 g/mol. The van der Waals surface area contributed by atoms with E-state index in [4.69, 9.17) is 4.74 Å². The number of hydrogen-bond donors (Lipinski definition) is 0. The second-order valence-corrected chi connectivity index (χ2v) is 7.25. The van der Waals surface area contributed by atoms with E-state index in [2.05, 4.69) is 54.1 Å². The Kier molecular flexibility index (Phi) is 5.26. The molecule has 1 saturated heterocycles. The van der Waals surface area contributed by atoms with E-state index in [1.807, 2.05) is 23.1 Å². The lowest BCUT2D eigenvalue weighted by Crippen LogP contribution is -2.40. The smallest absolute Gasteiger partial charge is 0.252 e. The molecule has 1 amide bonds. The first-order chi connectivity index (χ1) is 13.2. The fraction of sp³-hybridized carbons (Fsp3) is 0.348. The van der Waals surface area contributed by atoms with E-state index in [1.165, 1.54) is 16.5 Å². The molecule has 140 valence electrons. The van der Waals surface area contributed by atoms with Gasteiger partial charge >= 0.3 is 0 Å². The number of ether oxygens (including phenoxy) is 1. The molecule has 4 heteroatoms. The van der Waals surface area contributed by atoms with Gasteiger partial charge in [-0.1, -0.05) is 48.5 Å². The lowest BCUT2D eigenvalue weighted by atomic mass is 10.1. The Labute approximate surface area is 160 Å². The number of para-hydroxylation sites is 1. The Balaban J connectivity index is 1.56. The second kappa shape index (κ2) is 7.97. The van der Waals surface area contributed by atoms with Gasteiger partial charge in [0.1, 0.15) is 6.10 Å². The minimum Gasteiger partial charge on any atom is -0.368 e. The minimum absolute atomic E-state index is 0.119. The molecular weight excluding hydrogens is 336 g/mol. The number of aromatic nitrogens is 1. The molecule has 27 heavy (non-hydrogen) atoms. The van der Waals surface area contributed by atoms with Crippen LogP contribution in [-0.2, 0) is 29.5 Å². The summed E-state index contributed by atoms with van der Waals surface area (Å²) in [4.78, 5) is 15.1. The van der Waals surface area contributed by atoms with Gasteiger partial charge < -0.3 is 14.2 Å². The Hall–Kier alpha value is -2.59. The Bertz CT molecular complexity index is 911. The normalized spacial score (nSPS) is 16.7. The first kappa shape index (κ1) is 17.8. The molecule has 0 N–H and O–H groups in total. The third kappa shape index (κ3) is 3.91. The largest absolute Gasteiger partial charge is 0.368 e. The highest BCUT2D eigenvalue weighted by atomic mass is 16.5. The molecule has 1 aliphatic heterocycles. The van der Waals surface area contributed by atoms with Crippen molar-refractivity contribution in [1.29, 1.82) is 0 Å². The van der Waals surface area contributed by atoms with Crippen LogP contribution in [0.1, 0.15) is 24.1 Å². The summed E-state index contributed by atoms with van der Waals surface area (Å²) in [5, 5.41) is 1.21. The highest BCUT2D eigenvalue weighted by Crippen LogP contribution is 2.22. The number of nitrogens with zero attached hydrogens (tertiary/aromatic N) is 2. The summed E-state index contributed by atoms with van der Waals surface area (Å²) < 4.78 is 7.86. The molecule has 1 aliphatic rings. The molecule has 2 heterocycles. The van der Waals surface area contributed by atoms with Crippen LogP contribution in [0.3, 0.4) is 0 Å². The predicted molar refractivity (Wildman–Crippen MR) is 107 cm³/mol. The molecule has 1 unspecified atom stereocenters. The summed E-state index contributed by atoms with van der Waals surface area (Å²) in [5.74, 6) is 0.119. The molecule has 0 bridgehead atoms. The van der Waals surface area contributed by atoms with Crippen LogP contribution >= 0.6 is 0 Å². The van der Waals surface area contributed by atoms with Crippen molar-refractivity contribution in [2.45, 2.75) is 31.9 Å². The maximum atomic E-state index is 13.1. The van der Waals surface area contributed by atoms with Crippen molar-refractivity contribution in [2.75, 3.05) is 13.2 Å². The fourth-order valence-corrected chi connectivity index (χ4v) is 3.85. The number of carbonyl (C=O) groups excluding carboxylic acids is 1. The lowest BCUT2D eigenvalue weighted by molar-refractivity contribution is -0.141. The predicted octanol–water partition coefficient (Wildman–Crippen LogP) is 3.93. The number of fused-ring (bicyclic) bond motifs is 1. The van der Waals surface area contributed by atoms with E-state index in [1.54, 1.807) is 0 Å². The van der Waals surface area contributed by atoms with Crippen molar-refractivity contribution in [3.8, 4) is 0 Å². The third-order valence-electron chi connectivity index (χ3n) is 5.43. The molecule has 0 saturated carbocycles. The summed E-state index contributed by atoms with van der Waals surface area (Å²) >= 11 is 0. The van der Waals surface area contributed by atoms with Crippen molar-refractivity contribution in [3.05, 3.63) is 71.9 Å². The summed E-state index contributed by atoms with van der Waals surface area (Å²) in [6.45, 7) is 2.00. The second-order valence-electron chi connectivity index (χ2n) is 7.25. The van der Waals surface area contributed by atoms with Gasteiger partial charge in [0.25, 0.3) is 5.91 Å². The third-order valence-corrected chi connectivity index (χ3v) is 5.43. The quantitative estimate of drug-likeness (QED) is 0.666. The average molecular weight is 362 g/mol. The highest BCUT2D eigenvalue weighted by molar-refractivity contribution is 5.83. The maximum absolute atomic E-state index is 13.1. The number of rotatable bonds is 6. The Morgan fingerprint density at radius 1 is 1.15 bits per heavy atom. The summed E-state index contributed by atoms with van der Waals surface area (Å²) in [6.07, 6.45) is 2.37. The van der Waals surface area contributed by atoms with E-state index in [0.717, 1.165) is 25.0 Å². The van der Waals surface area contributed by atoms with Gasteiger partial charge in [-0.15, -0.1) is 0 Å². The molecule has 1 fully saturated rings. The van der Waals surface area contributed by atoms with Crippen molar-refractivity contribution in [2.24, 2.45) is 7.05 Å². The Morgan fingerprint density at radius 3 is 2.67 bits per heavy atom. The standard InChI is InChI=1S/C23H26N2O2/c1-24-20(16-19-10-5-6-11-21(19)24)17-25(23(26)22-12-7-15-27-22)14-13-18-8-3-2-4-9-18/h2-6,8-11,16,22H,7,12-15,17H2,1H3. The topological polar surface area (TPSA) is 34.5 Å². The van der Waals surface area contributed by atoms with E-state index in [0.29, 0.717) is 19.7 Å². The fourth-order valence-electron chi connectivity index (χ4n) is 3.85. The van der Waals surface area contributed by atoms with Crippen LogP contribution in [0.4, 0.5) is 0 Å². The number of carbonyl (C=O) groups is 1. The van der Waals surface area contributed by atoms with Gasteiger partial charge in [0.05, 0.1) is 6.54 Å². The molecular formula is C23H26N2O2.